The smallest absolute Gasteiger partial charge is 0.305 e. The summed E-state index contributed by atoms with van der Waals surface area (Å²) in [6.07, 6.45) is -0.986. The van der Waals surface area contributed by atoms with Crippen molar-refractivity contribution in [3.05, 3.63) is 59.9 Å². The van der Waals surface area contributed by atoms with E-state index in [-0.39, 0.29) is 12.2 Å². The third-order valence-electron chi connectivity index (χ3n) is 3.94. The van der Waals surface area contributed by atoms with Gasteiger partial charge in [-0.2, -0.15) is 0 Å². The minimum absolute atomic E-state index is 0.158. The van der Waals surface area contributed by atoms with Gasteiger partial charge in [0.1, 0.15) is 5.82 Å². The van der Waals surface area contributed by atoms with Gasteiger partial charge in [-0.15, -0.1) is 0 Å². The molecule has 0 aliphatic rings. The lowest BCUT2D eigenvalue weighted by Crippen LogP contribution is -2.42. The van der Waals surface area contributed by atoms with Gasteiger partial charge in [0, 0.05) is 6.04 Å². The number of Topliss-reactive ketones (excluding diaryl/α,β-unsaturated/α-hetero) is 1. The molecule has 0 aliphatic carbocycles. The molecule has 28 heavy (non-hydrogen) atoms. The predicted octanol–water partition coefficient (Wildman–Crippen LogP) is 1.44. The standard InChI is InChI=1S/C20H19FN2O5/c21-15-3-1-2-14(9-15)13-6-4-12(5-7-13)8-16(10-19(26)27)23-20(28)17(24)11-18(22)25/h1-7,9,16H,8,10-11H2,(H2,22,25)(H,23,28)(H,26,27)/t16-/m1/s1. The van der Waals surface area contributed by atoms with Gasteiger partial charge in [0.05, 0.1) is 12.8 Å². The molecule has 0 bridgehead atoms. The summed E-state index contributed by atoms with van der Waals surface area (Å²) in [6.45, 7) is 0. The van der Waals surface area contributed by atoms with Gasteiger partial charge in [-0.05, 0) is 35.2 Å². The number of hydrogen-bond donors (Lipinski definition) is 3. The molecule has 0 fully saturated rings. The van der Waals surface area contributed by atoms with Crippen molar-refractivity contribution in [1.29, 1.82) is 0 Å². The molecular formula is C20H19FN2O5. The topological polar surface area (TPSA) is 127 Å². The Morgan fingerprint density at radius 3 is 2.29 bits per heavy atom. The second-order valence-electron chi connectivity index (χ2n) is 6.25. The van der Waals surface area contributed by atoms with Crippen LogP contribution in [0.3, 0.4) is 0 Å². The van der Waals surface area contributed by atoms with Gasteiger partial charge >= 0.3 is 5.97 Å². The van der Waals surface area contributed by atoms with Crippen molar-refractivity contribution in [3.63, 3.8) is 0 Å². The summed E-state index contributed by atoms with van der Waals surface area (Å²) in [4.78, 5) is 45.2. The zero-order valence-corrected chi connectivity index (χ0v) is 14.9. The van der Waals surface area contributed by atoms with Crippen molar-refractivity contribution in [2.24, 2.45) is 5.73 Å². The van der Waals surface area contributed by atoms with Gasteiger partial charge in [0.25, 0.3) is 5.91 Å². The molecule has 0 saturated carbocycles. The number of carbonyl (C=O) groups is 4. The first kappa shape index (κ1) is 20.8. The fourth-order valence-electron chi connectivity index (χ4n) is 2.68. The molecule has 8 heteroatoms. The summed E-state index contributed by atoms with van der Waals surface area (Å²) in [5.74, 6) is -4.52. The maximum absolute atomic E-state index is 13.3. The Kier molecular flexibility index (Phi) is 6.97. The zero-order valence-electron chi connectivity index (χ0n) is 14.9. The lowest BCUT2D eigenvalue weighted by Gasteiger charge is -2.17. The fourth-order valence-corrected chi connectivity index (χ4v) is 2.68. The van der Waals surface area contributed by atoms with Gasteiger partial charge in [-0.25, -0.2) is 4.39 Å². The molecular weight excluding hydrogens is 367 g/mol. The van der Waals surface area contributed by atoms with Crippen molar-refractivity contribution >= 4 is 23.6 Å². The van der Waals surface area contributed by atoms with Crippen LogP contribution in [0, 0.1) is 5.82 Å². The first-order valence-electron chi connectivity index (χ1n) is 8.43. The molecule has 146 valence electrons. The molecule has 0 radical (unpaired) electrons. The molecule has 1 atom stereocenters. The molecule has 0 heterocycles. The van der Waals surface area contributed by atoms with Gasteiger partial charge in [0.2, 0.25) is 11.7 Å². The number of hydrogen-bond acceptors (Lipinski definition) is 4. The van der Waals surface area contributed by atoms with Crippen molar-refractivity contribution in [1.82, 2.24) is 5.32 Å². The molecule has 0 saturated heterocycles. The number of primary amides is 1. The van der Waals surface area contributed by atoms with Crippen LogP contribution < -0.4 is 11.1 Å². The Morgan fingerprint density at radius 2 is 1.71 bits per heavy atom. The van der Waals surface area contributed by atoms with Gasteiger partial charge in [-0.3, -0.25) is 19.2 Å². The first-order valence-corrected chi connectivity index (χ1v) is 8.43. The minimum atomic E-state index is -1.15. The van der Waals surface area contributed by atoms with Crippen molar-refractivity contribution in [3.8, 4) is 11.1 Å². The number of ketones is 1. The van der Waals surface area contributed by atoms with E-state index in [0.29, 0.717) is 11.1 Å². The summed E-state index contributed by atoms with van der Waals surface area (Å²) in [7, 11) is 0. The van der Waals surface area contributed by atoms with E-state index in [4.69, 9.17) is 10.8 Å². The molecule has 0 aromatic heterocycles. The first-order chi connectivity index (χ1) is 13.2. The highest BCUT2D eigenvalue weighted by molar-refractivity contribution is 6.39. The number of halogens is 1. The maximum Gasteiger partial charge on any atom is 0.305 e. The molecule has 0 unspecified atom stereocenters. The van der Waals surface area contributed by atoms with E-state index < -0.39 is 42.5 Å². The Labute approximate surface area is 160 Å². The lowest BCUT2D eigenvalue weighted by molar-refractivity contribution is -0.141. The van der Waals surface area contributed by atoms with E-state index in [1.165, 1.54) is 12.1 Å². The molecule has 2 amide bonds. The monoisotopic (exact) mass is 386 g/mol. The Morgan fingerprint density at radius 1 is 1.04 bits per heavy atom. The van der Waals surface area contributed by atoms with Crippen LogP contribution in [0.25, 0.3) is 11.1 Å². The molecule has 0 aliphatic heterocycles. The molecule has 4 N–H and O–H groups in total. The summed E-state index contributed by atoms with van der Waals surface area (Å²) >= 11 is 0. The van der Waals surface area contributed by atoms with Crippen LogP contribution in [-0.4, -0.2) is 34.7 Å². The van der Waals surface area contributed by atoms with E-state index in [0.717, 1.165) is 5.56 Å². The van der Waals surface area contributed by atoms with Crippen LogP contribution >= 0.6 is 0 Å². The molecule has 2 rings (SSSR count). The molecule has 2 aromatic rings. The van der Waals surface area contributed by atoms with Gasteiger partial charge < -0.3 is 16.2 Å². The maximum atomic E-state index is 13.3. The third kappa shape index (κ3) is 6.31. The number of nitrogens with two attached hydrogens (primary N) is 1. The normalized spacial score (nSPS) is 11.5. The highest BCUT2D eigenvalue weighted by Crippen LogP contribution is 2.21. The predicted molar refractivity (Wildman–Crippen MR) is 98.5 cm³/mol. The average Bonchev–Trinajstić information content (AvgIpc) is 2.61. The Balaban J connectivity index is 2.09. The van der Waals surface area contributed by atoms with E-state index in [1.807, 2.05) is 0 Å². The van der Waals surface area contributed by atoms with Crippen LogP contribution in [0.5, 0.6) is 0 Å². The minimum Gasteiger partial charge on any atom is -0.481 e. The van der Waals surface area contributed by atoms with Crippen LogP contribution in [0.4, 0.5) is 4.39 Å². The number of carboxylic acids is 1. The third-order valence-corrected chi connectivity index (χ3v) is 3.94. The molecule has 7 nitrogen and oxygen atoms in total. The van der Waals surface area contributed by atoms with Crippen molar-refractivity contribution in [2.45, 2.75) is 25.3 Å². The highest BCUT2D eigenvalue weighted by Gasteiger charge is 2.22. The number of carbonyl (C=O) groups excluding carboxylic acids is 3. The second kappa shape index (κ2) is 9.40. The summed E-state index contributed by atoms with van der Waals surface area (Å²) in [6, 6.07) is 12.2. The van der Waals surface area contributed by atoms with E-state index in [2.05, 4.69) is 5.32 Å². The van der Waals surface area contributed by atoms with Crippen LogP contribution in [0.15, 0.2) is 48.5 Å². The quantitative estimate of drug-likeness (QED) is 0.444. The summed E-state index contributed by atoms with van der Waals surface area (Å²) < 4.78 is 13.3. The van der Waals surface area contributed by atoms with Gasteiger partial charge in [-0.1, -0.05) is 36.4 Å². The van der Waals surface area contributed by atoms with Crippen LogP contribution in [0.2, 0.25) is 0 Å². The second-order valence-corrected chi connectivity index (χ2v) is 6.25. The number of aliphatic carboxylic acids is 1. The summed E-state index contributed by atoms with van der Waals surface area (Å²) in [5.41, 5.74) is 7.07. The van der Waals surface area contributed by atoms with E-state index in [1.54, 1.807) is 36.4 Å². The molecule has 0 spiro atoms. The van der Waals surface area contributed by atoms with E-state index in [9.17, 15) is 23.6 Å². The fraction of sp³-hybridized carbons (Fsp3) is 0.200. The van der Waals surface area contributed by atoms with E-state index >= 15 is 0 Å². The average molecular weight is 386 g/mol. The largest absolute Gasteiger partial charge is 0.481 e. The van der Waals surface area contributed by atoms with Crippen molar-refractivity contribution in [2.75, 3.05) is 0 Å². The SMILES string of the molecule is NC(=O)CC(=O)C(=O)N[C@@H](CC(=O)O)Cc1ccc(-c2cccc(F)c2)cc1. The zero-order chi connectivity index (χ0) is 20.7. The number of benzene rings is 2. The number of amides is 2. The Hall–Kier alpha value is -3.55. The Bertz CT molecular complexity index is 896. The summed E-state index contributed by atoms with van der Waals surface area (Å²) in [5, 5.41) is 11.4. The molecule has 2 aromatic carbocycles. The highest BCUT2D eigenvalue weighted by atomic mass is 19.1. The number of rotatable bonds is 9. The van der Waals surface area contributed by atoms with Crippen LogP contribution in [0.1, 0.15) is 18.4 Å². The number of nitrogens with one attached hydrogen (secondary N) is 1. The lowest BCUT2D eigenvalue weighted by atomic mass is 9.99. The van der Waals surface area contributed by atoms with Gasteiger partial charge in [0.15, 0.2) is 0 Å². The van der Waals surface area contributed by atoms with Crippen LogP contribution in [-0.2, 0) is 25.6 Å². The number of carboxylic acid groups (broad SMARTS) is 1. The van der Waals surface area contributed by atoms with Crippen molar-refractivity contribution < 1.29 is 28.7 Å².